The zero-order valence-corrected chi connectivity index (χ0v) is 8.84. The maximum absolute atomic E-state index is 11.2. The fraction of sp³-hybridized carbons (Fsp3) is 0.900. The standard InChI is InChI=1S/C10H20N2O2/c1-2-3-7-14-10(13)12-9-5-4-6-11-8-9/h9,11H,2-8H2,1H3,(H,12,13)/t9-/m0/s1. The van der Waals surface area contributed by atoms with Crippen molar-refractivity contribution in [3.8, 4) is 0 Å². The topological polar surface area (TPSA) is 50.4 Å². The second-order valence-corrected chi connectivity index (χ2v) is 3.68. The molecule has 1 saturated heterocycles. The van der Waals surface area contributed by atoms with Crippen molar-refractivity contribution in [2.45, 2.75) is 38.6 Å². The van der Waals surface area contributed by atoms with Crippen LogP contribution >= 0.6 is 0 Å². The molecule has 1 atom stereocenters. The molecule has 0 unspecified atom stereocenters. The SMILES string of the molecule is CCCCOC(=O)N[C@H]1CCCNC1. The third-order valence-electron chi connectivity index (χ3n) is 2.35. The first-order chi connectivity index (χ1) is 6.83. The van der Waals surface area contributed by atoms with Crippen molar-refractivity contribution in [2.75, 3.05) is 19.7 Å². The molecule has 0 bridgehead atoms. The number of carbonyl (C=O) groups is 1. The van der Waals surface area contributed by atoms with Gasteiger partial charge in [-0.2, -0.15) is 0 Å². The highest BCUT2D eigenvalue weighted by Gasteiger charge is 2.15. The summed E-state index contributed by atoms with van der Waals surface area (Å²) < 4.78 is 5.01. The Labute approximate surface area is 85.4 Å². The van der Waals surface area contributed by atoms with Crippen molar-refractivity contribution in [1.29, 1.82) is 0 Å². The molecule has 0 aliphatic carbocycles. The molecule has 0 saturated carbocycles. The first-order valence-corrected chi connectivity index (χ1v) is 5.47. The maximum atomic E-state index is 11.2. The van der Waals surface area contributed by atoms with E-state index in [1.54, 1.807) is 0 Å². The molecule has 0 aromatic rings. The Morgan fingerprint density at radius 2 is 2.50 bits per heavy atom. The van der Waals surface area contributed by atoms with Crippen LogP contribution in [-0.4, -0.2) is 31.8 Å². The molecule has 0 aromatic heterocycles. The molecule has 0 aromatic carbocycles. The van der Waals surface area contributed by atoms with E-state index in [-0.39, 0.29) is 12.1 Å². The summed E-state index contributed by atoms with van der Waals surface area (Å²) in [5, 5.41) is 6.09. The summed E-state index contributed by atoms with van der Waals surface area (Å²) in [5.41, 5.74) is 0. The summed E-state index contributed by atoms with van der Waals surface area (Å²) in [5.74, 6) is 0. The van der Waals surface area contributed by atoms with Gasteiger partial charge >= 0.3 is 6.09 Å². The van der Waals surface area contributed by atoms with Gasteiger partial charge in [0.2, 0.25) is 0 Å². The molecule has 0 radical (unpaired) electrons. The van der Waals surface area contributed by atoms with E-state index in [9.17, 15) is 4.79 Å². The number of rotatable bonds is 4. The van der Waals surface area contributed by atoms with Crippen molar-refractivity contribution in [1.82, 2.24) is 10.6 Å². The minimum atomic E-state index is -0.271. The number of amides is 1. The van der Waals surface area contributed by atoms with Crippen molar-refractivity contribution in [2.24, 2.45) is 0 Å². The number of carbonyl (C=O) groups excluding carboxylic acids is 1. The molecule has 82 valence electrons. The maximum Gasteiger partial charge on any atom is 0.407 e. The monoisotopic (exact) mass is 200 g/mol. The predicted octanol–water partition coefficient (Wildman–Crippen LogP) is 1.26. The van der Waals surface area contributed by atoms with Crippen LogP contribution in [0.2, 0.25) is 0 Å². The Balaban J connectivity index is 2.06. The van der Waals surface area contributed by atoms with Gasteiger partial charge in [-0.1, -0.05) is 13.3 Å². The Morgan fingerprint density at radius 1 is 1.64 bits per heavy atom. The Bertz CT molecular complexity index is 168. The molecular formula is C10H20N2O2. The number of hydrogen-bond donors (Lipinski definition) is 2. The van der Waals surface area contributed by atoms with Gasteiger partial charge in [0.25, 0.3) is 0 Å². The molecule has 1 aliphatic heterocycles. The van der Waals surface area contributed by atoms with E-state index in [1.165, 1.54) is 0 Å². The van der Waals surface area contributed by atoms with Crippen LogP contribution in [0.15, 0.2) is 0 Å². The van der Waals surface area contributed by atoms with Crippen LogP contribution in [-0.2, 0) is 4.74 Å². The van der Waals surface area contributed by atoms with E-state index in [0.717, 1.165) is 38.8 Å². The summed E-state index contributed by atoms with van der Waals surface area (Å²) in [7, 11) is 0. The van der Waals surface area contributed by atoms with E-state index in [1.807, 2.05) is 0 Å². The number of piperidine rings is 1. The number of hydrogen-bond acceptors (Lipinski definition) is 3. The largest absolute Gasteiger partial charge is 0.450 e. The van der Waals surface area contributed by atoms with Crippen LogP contribution < -0.4 is 10.6 Å². The highest BCUT2D eigenvalue weighted by Crippen LogP contribution is 2.01. The van der Waals surface area contributed by atoms with E-state index < -0.39 is 0 Å². The van der Waals surface area contributed by atoms with Crippen molar-refractivity contribution in [3.05, 3.63) is 0 Å². The predicted molar refractivity (Wildman–Crippen MR) is 55.3 cm³/mol. The van der Waals surface area contributed by atoms with E-state index >= 15 is 0 Å². The summed E-state index contributed by atoms with van der Waals surface area (Å²) in [6, 6.07) is 0.248. The molecule has 4 heteroatoms. The first kappa shape index (κ1) is 11.3. The third kappa shape index (κ3) is 4.46. The molecule has 1 aliphatic rings. The van der Waals surface area contributed by atoms with Crippen molar-refractivity contribution < 1.29 is 9.53 Å². The van der Waals surface area contributed by atoms with Gasteiger partial charge in [0, 0.05) is 12.6 Å². The lowest BCUT2D eigenvalue weighted by molar-refractivity contribution is 0.138. The van der Waals surface area contributed by atoms with E-state index in [4.69, 9.17) is 4.74 Å². The summed E-state index contributed by atoms with van der Waals surface area (Å²) in [6.07, 6.45) is 3.90. The molecule has 14 heavy (non-hydrogen) atoms. The van der Waals surface area contributed by atoms with E-state index in [0.29, 0.717) is 6.61 Å². The number of ether oxygens (including phenoxy) is 1. The molecule has 1 amide bonds. The van der Waals surface area contributed by atoms with Gasteiger partial charge < -0.3 is 15.4 Å². The quantitative estimate of drug-likeness (QED) is 0.672. The Morgan fingerprint density at radius 3 is 3.14 bits per heavy atom. The number of unbranched alkanes of at least 4 members (excludes halogenated alkanes) is 1. The molecule has 1 fully saturated rings. The van der Waals surface area contributed by atoms with Crippen LogP contribution in [0, 0.1) is 0 Å². The fourth-order valence-electron chi connectivity index (χ4n) is 1.49. The third-order valence-corrected chi connectivity index (χ3v) is 2.35. The van der Waals surface area contributed by atoms with Gasteiger partial charge in [-0.15, -0.1) is 0 Å². The van der Waals surface area contributed by atoms with Gasteiger partial charge in [0.15, 0.2) is 0 Å². The van der Waals surface area contributed by atoms with Crippen LogP contribution in [0.4, 0.5) is 4.79 Å². The van der Waals surface area contributed by atoms with Gasteiger partial charge in [0.05, 0.1) is 6.61 Å². The van der Waals surface area contributed by atoms with Crippen LogP contribution in [0.1, 0.15) is 32.6 Å². The average molecular weight is 200 g/mol. The lowest BCUT2D eigenvalue weighted by atomic mass is 10.1. The minimum absolute atomic E-state index is 0.248. The lowest BCUT2D eigenvalue weighted by Gasteiger charge is -2.23. The zero-order chi connectivity index (χ0) is 10.2. The first-order valence-electron chi connectivity index (χ1n) is 5.47. The fourth-order valence-corrected chi connectivity index (χ4v) is 1.49. The second-order valence-electron chi connectivity index (χ2n) is 3.68. The van der Waals surface area contributed by atoms with E-state index in [2.05, 4.69) is 17.6 Å². The molecule has 2 N–H and O–H groups in total. The summed E-state index contributed by atoms with van der Waals surface area (Å²) in [4.78, 5) is 11.2. The number of alkyl carbamates (subject to hydrolysis) is 1. The van der Waals surface area contributed by atoms with Crippen LogP contribution in [0.5, 0.6) is 0 Å². The molecule has 1 heterocycles. The minimum Gasteiger partial charge on any atom is -0.450 e. The van der Waals surface area contributed by atoms with Gasteiger partial charge in [-0.3, -0.25) is 0 Å². The molecule has 0 spiro atoms. The average Bonchev–Trinajstić information content (AvgIpc) is 2.20. The molecular weight excluding hydrogens is 180 g/mol. The molecule has 4 nitrogen and oxygen atoms in total. The van der Waals surface area contributed by atoms with Gasteiger partial charge in [0.1, 0.15) is 0 Å². The zero-order valence-electron chi connectivity index (χ0n) is 8.84. The molecule has 1 rings (SSSR count). The summed E-state index contributed by atoms with van der Waals surface area (Å²) in [6.45, 7) is 4.53. The Hall–Kier alpha value is -0.770. The van der Waals surface area contributed by atoms with Crippen molar-refractivity contribution in [3.63, 3.8) is 0 Å². The second kappa shape index (κ2) is 6.65. The van der Waals surface area contributed by atoms with Crippen molar-refractivity contribution >= 4 is 6.09 Å². The van der Waals surface area contributed by atoms with Gasteiger partial charge in [-0.05, 0) is 25.8 Å². The van der Waals surface area contributed by atoms with Crippen LogP contribution in [0.3, 0.4) is 0 Å². The lowest BCUT2D eigenvalue weighted by Crippen LogP contribution is -2.45. The number of nitrogens with one attached hydrogen (secondary N) is 2. The van der Waals surface area contributed by atoms with Crippen LogP contribution in [0.25, 0.3) is 0 Å². The van der Waals surface area contributed by atoms with Gasteiger partial charge in [-0.25, -0.2) is 4.79 Å². The highest BCUT2D eigenvalue weighted by atomic mass is 16.5. The summed E-state index contributed by atoms with van der Waals surface area (Å²) >= 11 is 0. The highest BCUT2D eigenvalue weighted by molar-refractivity contribution is 5.67. The Kier molecular flexibility index (Phi) is 5.37. The normalized spacial score (nSPS) is 21.6. The smallest absolute Gasteiger partial charge is 0.407 e.